The van der Waals surface area contributed by atoms with Crippen molar-refractivity contribution >= 4 is 32.6 Å². The number of hydrogen-bond acceptors (Lipinski definition) is 4. The molecule has 29 heavy (non-hydrogen) atoms. The highest BCUT2D eigenvalue weighted by Crippen LogP contribution is 2.30. The van der Waals surface area contributed by atoms with Crippen LogP contribution < -0.4 is 5.32 Å². The zero-order valence-electron chi connectivity index (χ0n) is 17.3. The highest BCUT2D eigenvalue weighted by molar-refractivity contribution is 7.22. The number of rotatable bonds is 12. The van der Waals surface area contributed by atoms with Crippen molar-refractivity contribution in [1.82, 2.24) is 9.97 Å². The molecule has 1 aromatic carbocycles. The van der Waals surface area contributed by atoms with E-state index >= 15 is 0 Å². The Bertz CT molecular complexity index is 892. The quantitative estimate of drug-likeness (QED) is 0.321. The van der Waals surface area contributed by atoms with Crippen LogP contribution >= 0.6 is 11.3 Å². The summed E-state index contributed by atoms with van der Waals surface area (Å²) in [7, 11) is 0. The molecular formula is C24H31N3OS. The van der Waals surface area contributed by atoms with Crippen molar-refractivity contribution in [2.75, 3.05) is 5.32 Å². The van der Waals surface area contributed by atoms with Crippen LogP contribution in [0.5, 0.6) is 0 Å². The zero-order valence-corrected chi connectivity index (χ0v) is 18.1. The molecule has 3 aromatic rings. The summed E-state index contributed by atoms with van der Waals surface area (Å²) in [6.07, 6.45) is 15.5. The van der Waals surface area contributed by atoms with Crippen LogP contribution in [0.15, 0.2) is 42.7 Å². The summed E-state index contributed by atoms with van der Waals surface area (Å²) in [4.78, 5) is 21.0. The Hall–Kier alpha value is -2.27. The number of fused-ring (bicyclic) bond motifs is 1. The number of nitrogens with one attached hydrogen (secondary N) is 1. The second-order valence-electron chi connectivity index (χ2n) is 7.57. The van der Waals surface area contributed by atoms with Gasteiger partial charge in [0.15, 0.2) is 5.13 Å². The van der Waals surface area contributed by atoms with Crippen LogP contribution in [0.25, 0.3) is 21.3 Å². The number of thiazole rings is 1. The van der Waals surface area contributed by atoms with Crippen LogP contribution in [0.4, 0.5) is 5.13 Å². The van der Waals surface area contributed by atoms with Gasteiger partial charge in [-0.3, -0.25) is 9.78 Å². The third-order valence-electron chi connectivity index (χ3n) is 5.14. The van der Waals surface area contributed by atoms with Crippen molar-refractivity contribution in [2.24, 2.45) is 0 Å². The number of hydrogen-bond donors (Lipinski definition) is 1. The zero-order chi connectivity index (χ0) is 20.3. The summed E-state index contributed by atoms with van der Waals surface area (Å²) in [5.74, 6) is 0.0690. The number of amides is 1. The van der Waals surface area contributed by atoms with Crippen LogP contribution in [0, 0.1) is 0 Å². The van der Waals surface area contributed by atoms with Gasteiger partial charge in [-0.2, -0.15) is 0 Å². The van der Waals surface area contributed by atoms with E-state index < -0.39 is 0 Å². The maximum atomic E-state index is 12.2. The van der Waals surface area contributed by atoms with E-state index in [4.69, 9.17) is 0 Å². The number of carbonyl (C=O) groups excluding carboxylic acids is 1. The molecule has 4 nitrogen and oxygen atoms in total. The molecule has 5 heteroatoms. The molecule has 0 fully saturated rings. The number of anilines is 1. The van der Waals surface area contributed by atoms with Crippen molar-refractivity contribution in [3.63, 3.8) is 0 Å². The van der Waals surface area contributed by atoms with E-state index in [2.05, 4.69) is 28.3 Å². The molecule has 1 amide bonds. The van der Waals surface area contributed by atoms with Gasteiger partial charge in [0, 0.05) is 24.4 Å². The van der Waals surface area contributed by atoms with Gasteiger partial charge in [0.1, 0.15) is 0 Å². The third kappa shape index (κ3) is 6.93. The molecule has 0 spiro atoms. The first-order chi connectivity index (χ1) is 14.3. The first-order valence-corrected chi connectivity index (χ1v) is 11.7. The van der Waals surface area contributed by atoms with E-state index in [1.807, 2.05) is 30.5 Å². The van der Waals surface area contributed by atoms with E-state index in [0.717, 1.165) is 34.2 Å². The fourth-order valence-corrected chi connectivity index (χ4v) is 4.39. The van der Waals surface area contributed by atoms with Crippen LogP contribution in [-0.4, -0.2) is 15.9 Å². The molecule has 0 radical (unpaired) electrons. The Labute approximate surface area is 177 Å². The number of carbonyl (C=O) groups is 1. The molecule has 0 saturated heterocycles. The fourth-order valence-electron chi connectivity index (χ4n) is 3.47. The van der Waals surface area contributed by atoms with Gasteiger partial charge in [-0.15, -0.1) is 0 Å². The summed E-state index contributed by atoms with van der Waals surface area (Å²) in [5.41, 5.74) is 3.11. The summed E-state index contributed by atoms with van der Waals surface area (Å²) in [5, 5.41) is 3.66. The lowest BCUT2D eigenvalue weighted by Crippen LogP contribution is -2.10. The Morgan fingerprint density at radius 2 is 1.72 bits per heavy atom. The predicted octanol–water partition coefficient (Wildman–Crippen LogP) is 7.22. The SMILES string of the molecule is CCCCCCCCCCCC(=O)Nc1nc2ccc(-c3cccnc3)cc2s1. The fraction of sp³-hybridized carbons (Fsp3) is 0.458. The average molecular weight is 410 g/mol. The standard InChI is InChI=1S/C24H31N3OS/c1-2-3-4-5-6-7-8-9-10-13-23(28)27-24-26-21-15-14-19(17-22(21)29-24)20-12-11-16-25-18-20/h11-12,14-18H,2-10,13H2,1H3,(H,26,27,28). The van der Waals surface area contributed by atoms with Gasteiger partial charge in [-0.1, -0.05) is 81.8 Å². The molecule has 2 heterocycles. The summed E-state index contributed by atoms with van der Waals surface area (Å²) < 4.78 is 1.07. The normalized spacial score (nSPS) is 11.1. The van der Waals surface area contributed by atoms with Gasteiger partial charge in [0.25, 0.3) is 0 Å². The van der Waals surface area contributed by atoms with Crippen molar-refractivity contribution in [3.8, 4) is 11.1 Å². The smallest absolute Gasteiger partial charge is 0.226 e. The minimum absolute atomic E-state index is 0.0690. The first-order valence-electron chi connectivity index (χ1n) is 10.9. The number of unbranched alkanes of at least 4 members (excludes halogenated alkanes) is 8. The van der Waals surface area contributed by atoms with E-state index in [1.165, 1.54) is 56.3 Å². The molecule has 0 aliphatic rings. The molecule has 3 rings (SSSR count). The summed E-state index contributed by atoms with van der Waals surface area (Å²) >= 11 is 1.53. The minimum atomic E-state index is 0.0690. The lowest BCUT2D eigenvalue weighted by molar-refractivity contribution is -0.116. The monoisotopic (exact) mass is 409 g/mol. The minimum Gasteiger partial charge on any atom is -0.302 e. The van der Waals surface area contributed by atoms with Crippen molar-refractivity contribution in [3.05, 3.63) is 42.7 Å². The number of aromatic nitrogens is 2. The lowest BCUT2D eigenvalue weighted by Gasteiger charge is -2.02. The maximum Gasteiger partial charge on any atom is 0.226 e. The van der Waals surface area contributed by atoms with Crippen molar-refractivity contribution in [1.29, 1.82) is 0 Å². The molecule has 0 bridgehead atoms. The largest absolute Gasteiger partial charge is 0.302 e. The molecule has 0 unspecified atom stereocenters. The Balaban J connectivity index is 1.41. The summed E-state index contributed by atoms with van der Waals surface area (Å²) in [6, 6.07) is 10.1. The van der Waals surface area contributed by atoms with E-state index in [1.54, 1.807) is 6.20 Å². The highest BCUT2D eigenvalue weighted by Gasteiger charge is 2.09. The van der Waals surface area contributed by atoms with E-state index in [9.17, 15) is 4.79 Å². The van der Waals surface area contributed by atoms with Crippen LogP contribution in [0.1, 0.15) is 71.1 Å². The van der Waals surface area contributed by atoms with Crippen LogP contribution in [0.3, 0.4) is 0 Å². The van der Waals surface area contributed by atoms with Crippen LogP contribution in [0.2, 0.25) is 0 Å². The number of benzene rings is 1. The highest BCUT2D eigenvalue weighted by atomic mass is 32.1. The molecule has 2 aromatic heterocycles. The maximum absolute atomic E-state index is 12.2. The molecule has 154 valence electrons. The van der Waals surface area contributed by atoms with Gasteiger partial charge in [-0.05, 0) is 30.2 Å². The molecule has 0 aliphatic carbocycles. The second kappa shape index (κ2) is 11.7. The topological polar surface area (TPSA) is 54.9 Å². The van der Waals surface area contributed by atoms with Gasteiger partial charge in [0.2, 0.25) is 5.91 Å². The molecule has 0 aliphatic heterocycles. The van der Waals surface area contributed by atoms with Gasteiger partial charge >= 0.3 is 0 Å². The van der Waals surface area contributed by atoms with Gasteiger partial charge in [0.05, 0.1) is 10.2 Å². The van der Waals surface area contributed by atoms with E-state index in [0.29, 0.717) is 11.6 Å². The van der Waals surface area contributed by atoms with E-state index in [-0.39, 0.29) is 5.91 Å². The lowest BCUT2D eigenvalue weighted by atomic mass is 10.1. The molecule has 0 atom stereocenters. The predicted molar refractivity (Wildman–Crippen MR) is 123 cm³/mol. The summed E-state index contributed by atoms with van der Waals surface area (Å²) in [6.45, 7) is 2.25. The third-order valence-corrected chi connectivity index (χ3v) is 6.07. The van der Waals surface area contributed by atoms with Crippen LogP contribution in [-0.2, 0) is 4.79 Å². The number of pyridine rings is 1. The Morgan fingerprint density at radius 3 is 2.45 bits per heavy atom. The number of nitrogens with zero attached hydrogens (tertiary/aromatic N) is 2. The Kier molecular flexibility index (Phi) is 8.62. The van der Waals surface area contributed by atoms with Gasteiger partial charge in [-0.25, -0.2) is 4.98 Å². The van der Waals surface area contributed by atoms with Gasteiger partial charge < -0.3 is 5.32 Å². The second-order valence-corrected chi connectivity index (χ2v) is 8.60. The molecular weight excluding hydrogens is 378 g/mol. The molecule has 0 saturated carbocycles. The first kappa shape index (κ1) is 21.4. The molecule has 1 N–H and O–H groups in total. The Morgan fingerprint density at radius 1 is 0.966 bits per heavy atom. The average Bonchev–Trinajstić information content (AvgIpc) is 3.14. The van der Waals surface area contributed by atoms with Crippen molar-refractivity contribution in [2.45, 2.75) is 71.1 Å². The van der Waals surface area contributed by atoms with Crippen molar-refractivity contribution < 1.29 is 4.79 Å².